The minimum atomic E-state index is -0.0239. The molecule has 1 atom stereocenters. The van der Waals surface area contributed by atoms with E-state index in [1.54, 1.807) is 6.07 Å². The lowest BCUT2D eigenvalue weighted by Crippen LogP contribution is -2.09. The molecular weight excluding hydrogens is 252 g/mol. The first-order chi connectivity index (χ1) is 6.63. The largest absolute Gasteiger partial charge is 0.324 e. The maximum absolute atomic E-state index is 5.95. The van der Waals surface area contributed by atoms with Crippen molar-refractivity contribution in [3.05, 3.63) is 46.5 Å². The molecule has 1 nitrogen and oxygen atoms in total. The van der Waals surface area contributed by atoms with Gasteiger partial charge in [-0.1, -0.05) is 29.3 Å². The molecule has 2 N–H and O–H groups in total. The van der Waals surface area contributed by atoms with Crippen LogP contribution in [0.25, 0.3) is 0 Å². The van der Waals surface area contributed by atoms with Crippen molar-refractivity contribution in [1.29, 1.82) is 0 Å². The Morgan fingerprint density at radius 1 is 1.27 bits per heavy atom. The number of halogens is 3. The Kier molecular flexibility index (Phi) is 7.03. The molecule has 0 aliphatic rings. The third-order valence-corrected chi connectivity index (χ3v) is 2.43. The number of rotatable bonds is 4. The van der Waals surface area contributed by atoms with Crippen molar-refractivity contribution in [2.75, 3.05) is 0 Å². The molecular formula is C11H14Cl3N. The summed E-state index contributed by atoms with van der Waals surface area (Å²) in [6, 6.07) is 5.37. The fraction of sp³-hybridized carbons (Fsp3) is 0.273. The molecule has 0 amide bonds. The van der Waals surface area contributed by atoms with Gasteiger partial charge in [0.25, 0.3) is 0 Å². The Hall–Kier alpha value is -0.210. The Morgan fingerprint density at radius 2 is 1.80 bits per heavy atom. The average Bonchev–Trinajstić information content (AvgIpc) is 2.12. The van der Waals surface area contributed by atoms with Crippen LogP contribution in [0.15, 0.2) is 30.9 Å². The Morgan fingerprint density at radius 3 is 2.27 bits per heavy atom. The second kappa shape index (κ2) is 7.13. The maximum atomic E-state index is 5.95. The van der Waals surface area contributed by atoms with E-state index in [0.29, 0.717) is 10.0 Å². The van der Waals surface area contributed by atoms with E-state index in [2.05, 4.69) is 6.58 Å². The van der Waals surface area contributed by atoms with E-state index in [0.717, 1.165) is 18.4 Å². The summed E-state index contributed by atoms with van der Waals surface area (Å²) in [5.41, 5.74) is 6.93. The Balaban J connectivity index is 0.00000196. The van der Waals surface area contributed by atoms with Crippen LogP contribution in [0.3, 0.4) is 0 Å². The first kappa shape index (κ1) is 14.8. The van der Waals surface area contributed by atoms with Crippen LogP contribution in [0.2, 0.25) is 10.0 Å². The molecule has 0 aromatic heterocycles. The molecule has 0 bridgehead atoms. The highest BCUT2D eigenvalue weighted by Crippen LogP contribution is 2.24. The van der Waals surface area contributed by atoms with Gasteiger partial charge in [-0.2, -0.15) is 0 Å². The summed E-state index contributed by atoms with van der Waals surface area (Å²) in [7, 11) is 0. The van der Waals surface area contributed by atoms with E-state index in [-0.39, 0.29) is 18.4 Å². The fourth-order valence-corrected chi connectivity index (χ4v) is 1.80. The molecule has 0 heterocycles. The average molecular weight is 267 g/mol. The third kappa shape index (κ3) is 4.89. The van der Waals surface area contributed by atoms with Crippen LogP contribution < -0.4 is 5.73 Å². The van der Waals surface area contributed by atoms with Gasteiger partial charge in [-0.05, 0) is 36.6 Å². The lowest BCUT2D eigenvalue weighted by atomic mass is 10.0. The van der Waals surface area contributed by atoms with Crippen LogP contribution in [-0.4, -0.2) is 0 Å². The van der Waals surface area contributed by atoms with Gasteiger partial charge in [0.05, 0.1) is 0 Å². The molecule has 1 aromatic rings. The number of nitrogens with two attached hydrogens (primary N) is 1. The van der Waals surface area contributed by atoms with Gasteiger partial charge in [0.15, 0.2) is 0 Å². The predicted octanol–water partition coefficient (Wildman–Crippen LogP) is 4.38. The quantitative estimate of drug-likeness (QED) is 0.804. The fourth-order valence-electron chi connectivity index (χ4n) is 1.25. The molecule has 1 aromatic carbocycles. The summed E-state index contributed by atoms with van der Waals surface area (Å²) in [6.45, 7) is 3.65. The van der Waals surface area contributed by atoms with Crippen molar-refractivity contribution < 1.29 is 0 Å². The van der Waals surface area contributed by atoms with Crippen LogP contribution in [0.4, 0.5) is 0 Å². The van der Waals surface area contributed by atoms with E-state index in [1.165, 1.54) is 0 Å². The van der Waals surface area contributed by atoms with Crippen LogP contribution in [0.5, 0.6) is 0 Å². The van der Waals surface area contributed by atoms with Gasteiger partial charge in [-0.15, -0.1) is 19.0 Å². The Bertz CT molecular complexity index is 305. The summed E-state index contributed by atoms with van der Waals surface area (Å²) in [4.78, 5) is 0. The minimum Gasteiger partial charge on any atom is -0.324 e. The summed E-state index contributed by atoms with van der Waals surface area (Å²) in [5.74, 6) is 0. The molecule has 0 saturated heterocycles. The van der Waals surface area contributed by atoms with Gasteiger partial charge in [-0.25, -0.2) is 0 Å². The van der Waals surface area contributed by atoms with Crippen molar-refractivity contribution in [3.8, 4) is 0 Å². The van der Waals surface area contributed by atoms with Gasteiger partial charge in [0.2, 0.25) is 0 Å². The van der Waals surface area contributed by atoms with Gasteiger partial charge in [-0.3, -0.25) is 0 Å². The second-order valence-electron chi connectivity index (χ2n) is 3.18. The highest BCUT2D eigenvalue weighted by Gasteiger charge is 2.06. The number of hydrogen-bond acceptors (Lipinski definition) is 1. The molecule has 84 valence electrons. The maximum Gasteiger partial charge on any atom is 0.0424 e. The van der Waals surface area contributed by atoms with Gasteiger partial charge < -0.3 is 5.73 Å². The Labute approximate surface area is 107 Å². The van der Waals surface area contributed by atoms with E-state index in [4.69, 9.17) is 28.9 Å². The van der Waals surface area contributed by atoms with Gasteiger partial charge in [0, 0.05) is 16.1 Å². The first-order valence-electron chi connectivity index (χ1n) is 4.46. The minimum absolute atomic E-state index is 0. The summed E-state index contributed by atoms with van der Waals surface area (Å²) in [6.07, 6.45) is 3.61. The second-order valence-corrected chi connectivity index (χ2v) is 4.05. The molecule has 4 heteroatoms. The molecule has 1 rings (SSSR count). The zero-order chi connectivity index (χ0) is 10.6. The topological polar surface area (TPSA) is 26.0 Å². The number of benzene rings is 1. The molecule has 0 unspecified atom stereocenters. The van der Waals surface area contributed by atoms with Crippen molar-refractivity contribution in [1.82, 2.24) is 0 Å². The van der Waals surface area contributed by atoms with E-state index < -0.39 is 0 Å². The predicted molar refractivity (Wildman–Crippen MR) is 70.1 cm³/mol. The summed E-state index contributed by atoms with van der Waals surface area (Å²) >= 11 is 11.7. The van der Waals surface area contributed by atoms with Gasteiger partial charge >= 0.3 is 0 Å². The van der Waals surface area contributed by atoms with Crippen molar-refractivity contribution in [3.63, 3.8) is 0 Å². The highest BCUT2D eigenvalue weighted by atomic mass is 35.5. The SMILES string of the molecule is C=CCC[C@H](N)c1cc(Cl)cc(Cl)c1.Cl. The monoisotopic (exact) mass is 265 g/mol. The lowest BCUT2D eigenvalue weighted by molar-refractivity contribution is 0.661. The van der Waals surface area contributed by atoms with E-state index in [1.807, 2.05) is 18.2 Å². The van der Waals surface area contributed by atoms with Crippen LogP contribution in [0.1, 0.15) is 24.4 Å². The molecule has 0 radical (unpaired) electrons. The van der Waals surface area contributed by atoms with Gasteiger partial charge in [0.1, 0.15) is 0 Å². The molecule has 0 aliphatic heterocycles. The normalized spacial score (nSPS) is 11.7. The van der Waals surface area contributed by atoms with Crippen molar-refractivity contribution in [2.45, 2.75) is 18.9 Å². The van der Waals surface area contributed by atoms with E-state index in [9.17, 15) is 0 Å². The van der Waals surface area contributed by atoms with E-state index >= 15 is 0 Å². The zero-order valence-corrected chi connectivity index (χ0v) is 10.6. The van der Waals surface area contributed by atoms with Crippen molar-refractivity contribution >= 4 is 35.6 Å². The lowest BCUT2D eigenvalue weighted by Gasteiger charge is -2.11. The smallest absolute Gasteiger partial charge is 0.0424 e. The van der Waals surface area contributed by atoms with Crippen molar-refractivity contribution in [2.24, 2.45) is 5.73 Å². The summed E-state index contributed by atoms with van der Waals surface area (Å²) < 4.78 is 0. The van der Waals surface area contributed by atoms with Crippen LogP contribution >= 0.6 is 35.6 Å². The number of allylic oxidation sites excluding steroid dienone is 1. The van der Waals surface area contributed by atoms with Crippen LogP contribution in [0, 0.1) is 0 Å². The zero-order valence-electron chi connectivity index (χ0n) is 8.25. The molecule has 15 heavy (non-hydrogen) atoms. The summed E-state index contributed by atoms with van der Waals surface area (Å²) in [5, 5.41) is 1.25. The third-order valence-electron chi connectivity index (χ3n) is 1.99. The number of hydrogen-bond donors (Lipinski definition) is 1. The molecule has 0 aliphatic carbocycles. The van der Waals surface area contributed by atoms with Crippen LogP contribution in [-0.2, 0) is 0 Å². The molecule has 0 spiro atoms. The molecule has 0 saturated carbocycles. The standard InChI is InChI=1S/C11H13Cl2N.ClH/c1-2-3-4-11(14)8-5-9(12)7-10(13)6-8;/h2,5-7,11H,1,3-4,14H2;1H/t11-;/m0./s1. The molecule has 0 fully saturated rings. The first-order valence-corrected chi connectivity index (χ1v) is 5.21. The highest BCUT2D eigenvalue weighted by molar-refractivity contribution is 6.34.